The summed E-state index contributed by atoms with van der Waals surface area (Å²) >= 11 is 6.29. The van der Waals surface area contributed by atoms with Gasteiger partial charge in [-0.15, -0.1) is 0 Å². The molecule has 2 heterocycles. The first-order valence-electron chi connectivity index (χ1n) is 5.61. The minimum atomic E-state index is 0.464. The minimum absolute atomic E-state index is 0.464. The quantitative estimate of drug-likeness (QED) is 0.725. The highest BCUT2D eigenvalue weighted by molar-refractivity contribution is 6.31. The maximum absolute atomic E-state index is 6.29. The summed E-state index contributed by atoms with van der Waals surface area (Å²) in [5.74, 6) is 0. The van der Waals surface area contributed by atoms with Crippen molar-refractivity contribution < 1.29 is 4.74 Å². The van der Waals surface area contributed by atoms with Gasteiger partial charge in [0.2, 0.25) is 0 Å². The average molecular weight is 229 g/mol. The monoisotopic (exact) mass is 228 g/mol. The topological polar surface area (TPSA) is 30.4 Å². The molecule has 0 bridgehead atoms. The van der Waals surface area contributed by atoms with Crippen molar-refractivity contribution in [1.82, 2.24) is 9.78 Å². The van der Waals surface area contributed by atoms with E-state index in [9.17, 15) is 0 Å². The van der Waals surface area contributed by atoms with Gasteiger partial charge in [-0.2, -0.15) is 5.10 Å². The van der Waals surface area contributed by atoms with E-state index < -0.39 is 0 Å². The van der Waals surface area contributed by atoms with Gasteiger partial charge < -0.3 is 4.74 Å². The van der Waals surface area contributed by atoms with Crippen molar-refractivity contribution in [2.24, 2.45) is 0 Å². The number of hydrogen-bond donors (Lipinski definition) is 0. The number of nitrogens with zero attached hydrogens (tertiary/aromatic N) is 2. The smallest absolute Gasteiger partial charge is 0.0849 e. The normalized spacial score (nSPS) is 19.5. The second-order valence-electron chi connectivity index (χ2n) is 3.87. The number of epoxide rings is 1. The van der Waals surface area contributed by atoms with Crippen molar-refractivity contribution in [2.75, 3.05) is 6.61 Å². The molecular formula is C11H17ClN2O. The highest BCUT2D eigenvalue weighted by atomic mass is 35.5. The summed E-state index contributed by atoms with van der Waals surface area (Å²) in [5.41, 5.74) is 2.19. The lowest BCUT2D eigenvalue weighted by Crippen LogP contribution is -2.04. The van der Waals surface area contributed by atoms with Gasteiger partial charge in [-0.1, -0.05) is 18.5 Å². The van der Waals surface area contributed by atoms with Crippen molar-refractivity contribution in [3.8, 4) is 0 Å². The summed E-state index contributed by atoms with van der Waals surface area (Å²) in [6.45, 7) is 5.99. The van der Waals surface area contributed by atoms with Crippen LogP contribution in [0.2, 0.25) is 5.02 Å². The van der Waals surface area contributed by atoms with E-state index >= 15 is 0 Å². The molecule has 1 aromatic rings. The van der Waals surface area contributed by atoms with Gasteiger partial charge in [0.1, 0.15) is 0 Å². The Balaban J connectivity index is 2.13. The van der Waals surface area contributed by atoms with Crippen molar-refractivity contribution in [3.05, 3.63) is 16.4 Å². The van der Waals surface area contributed by atoms with Gasteiger partial charge in [0.05, 0.1) is 29.1 Å². The van der Waals surface area contributed by atoms with Crippen LogP contribution in [0.15, 0.2) is 0 Å². The van der Waals surface area contributed by atoms with Crippen LogP contribution in [0.5, 0.6) is 0 Å². The van der Waals surface area contributed by atoms with E-state index in [1.165, 1.54) is 5.69 Å². The number of hydrogen-bond acceptors (Lipinski definition) is 2. The first kappa shape index (κ1) is 11.0. The van der Waals surface area contributed by atoms with Gasteiger partial charge in [-0.05, 0) is 26.2 Å². The van der Waals surface area contributed by atoms with Crippen LogP contribution in [0.3, 0.4) is 0 Å². The van der Waals surface area contributed by atoms with Crippen LogP contribution < -0.4 is 0 Å². The summed E-state index contributed by atoms with van der Waals surface area (Å²) < 4.78 is 7.22. The van der Waals surface area contributed by atoms with E-state index in [-0.39, 0.29) is 0 Å². The molecule has 1 aliphatic heterocycles. The SMILES string of the molecule is CCc1nn(CC)c(CCC2CO2)c1Cl. The summed E-state index contributed by atoms with van der Waals surface area (Å²) in [4.78, 5) is 0. The Morgan fingerprint density at radius 3 is 2.80 bits per heavy atom. The molecule has 15 heavy (non-hydrogen) atoms. The zero-order chi connectivity index (χ0) is 10.8. The number of rotatable bonds is 5. The fourth-order valence-corrected chi connectivity index (χ4v) is 2.15. The van der Waals surface area contributed by atoms with Gasteiger partial charge in [0, 0.05) is 6.54 Å². The number of halogens is 1. The molecule has 2 rings (SSSR count). The molecule has 0 aromatic carbocycles. The lowest BCUT2D eigenvalue weighted by atomic mass is 10.2. The van der Waals surface area contributed by atoms with Crippen LogP contribution in [0.4, 0.5) is 0 Å². The van der Waals surface area contributed by atoms with Crippen LogP contribution >= 0.6 is 11.6 Å². The molecule has 0 radical (unpaired) electrons. The third kappa shape index (κ3) is 2.34. The van der Waals surface area contributed by atoms with Crippen LogP contribution in [0.1, 0.15) is 31.7 Å². The molecular weight excluding hydrogens is 212 g/mol. The second kappa shape index (κ2) is 4.54. The summed E-state index contributed by atoms with van der Waals surface area (Å²) in [7, 11) is 0. The van der Waals surface area contributed by atoms with E-state index in [1.54, 1.807) is 0 Å². The van der Waals surface area contributed by atoms with Crippen LogP contribution in [0.25, 0.3) is 0 Å². The number of ether oxygens (including phenoxy) is 1. The van der Waals surface area contributed by atoms with Gasteiger partial charge >= 0.3 is 0 Å². The molecule has 0 saturated carbocycles. The number of aromatic nitrogens is 2. The first-order chi connectivity index (χ1) is 7.26. The van der Waals surface area contributed by atoms with Crippen LogP contribution in [-0.4, -0.2) is 22.5 Å². The van der Waals surface area contributed by atoms with Crippen LogP contribution in [-0.2, 0) is 24.1 Å². The molecule has 0 amide bonds. The standard InChI is InChI=1S/C11H17ClN2O/c1-3-9-11(12)10(14(4-2)13-9)6-5-8-7-15-8/h8H,3-7H2,1-2H3. The minimum Gasteiger partial charge on any atom is -0.373 e. The van der Waals surface area contributed by atoms with Crippen molar-refractivity contribution in [2.45, 2.75) is 45.8 Å². The zero-order valence-corrected chi connectivity index (χ0v) is 10.0. The molecule has 0 aliphatic carbocycles. The molecule has 1 aromatic heterocycles. The van der Waals surface area contributed by atoms with Crippen molar-refractivity contribution in [3.63, 3.8) is 0 Å². The van der Waals surface area contributed by atoms with Gasteiger partial charge in [-0.3, -0.25) is 4.68 Å². The van der Waals surface area contributed by atoms with Gasteiger partial charge in [0.25, 0.3) is 0 Å². The summed E-state index contributed by atoms with van der Waals surface area (Å²) in [6, 6.07) is 0. The molecule has 0 N–H and O–H groups in total. The molecule has 84 valence electrons. The third-order valence-corrected chi connectivity index (χ3v) is 3.24. The van der Waals surface area contributed by atoms with E-state index in [0.717, 1.165) is 43.1 Å². The first-order valence-corrected chi connectivity index (χ1v) is 5.99. The molecule has 3 nitrogen and oxygen atoms in total. The van der Waals surface area contributed by atoms with Crippen LogP contribution in [0, 0.1) is 0 Å². The van der Waals surface area contributed by atoms with Gasteiger partial charge in [-0.25, -0.2) is 0 Å². The van der Waals surface area contributed by atoms with E-state index in [4.69, 9.17) is 16.3 Å². The van der Waals surface area contributed by atoms with Gasteiger partial charge in [0.15, 0.2) is 0 Å². The maximum Gasteiger partial charge on any atom is 0.0849 e. The lowest BCUT2D eigenvalue weighted by molar-refractivity contribution is 0.394. The highest BCUT2D eigenvalue weighted by Crippen LogP contribution is 2.25. The Bertz CT molecular complexity index is 345. The molecule has 0 spiro atoms. The zero-order valence-electron chi connectivity index (χ0n) is 9.29. The molecule has 1 atom stereocenters. The van der Waals surface area contributed by atoms with E-state index in [0.29, 0.717) is 6.10 Å². The predicted molar refractivity (Wildman–Crippen MR) is 60.4 cm³/mol. The number of aryl methyl sites for hydroxylation is 2. The fourth-order valence-electron chi connectivity index (χ4n) is 1.79. The van der Waals surface area contributed by atoms with Crippen molar-refractivity contribution >= 4 is 11.6 Å². The lowest BCUT2D eigenvalue weighted by Gasteiger charge is -2.03. The molecule has 4 heteroatoms. The Kier molecular flexibility index (Phi) is 3.32. The molecule has 1 fully saturated rings. The van der Waals surface area contributed by atoms with E-state index in [2.05, 4.69) is 18.9 Å². The Morgan fingerprint density at radius 2 is 2.27 bits per heavy atom. The second-order valence-corrected chi connectivity index (χ2v) is 4.25. The predicted octanol–water partition coefficient (Wildman–Crippen LogP) is 2.45. The van der Waals surface area contributed by atoms with Crippen molar-refractivity contribution in [1.29, 1.82) is 0 Å². The Labute approximate surface area is 95.4 Å². The highest BCUT2D eigenvalue weighted by Gasteiger charge is 2.24. The molecule has 1 saturated heterocycles. The fraction of sp³-hybridized carbons (Fsp3) is 0.727. The average Bonchev–Trinajstić information content (AvgIpc) is 3.01. The third-order valence-electron chi connectivity index (χ3n) is 2.80. The Morgan fingerprint density at radius 1 is 1.53 bits per heavy atom. The largest absolute Gasteiger partial charge is 0.373 e. The summed E-state index contributed by atoms with van der Waals surface area (Å²) in [5, 5.41) is 5.35. The summed E-state index contributed by atoms with van der Waals surface area (Å²) in [6.07, 6.45) is 3.41. The Hall–Kier alpha value is -0.540. The molecule has 1 aliphatic rings. The maximum atomic E-state index is 6.29. The van der Waals surface area contributed by atoms with E-state index in [1.807, 2.05) is 4.68 Å². The molecule has 1 unspecified atom stereocenters.